The highest BCUT2D eigenvalue weighted by molar-refractivity contribution is 8.00. The molecule has 0 aliphatic carbocycles. The highest BCUT2D eigenvalue weighted by atomic mass is 32.2. The van der Waals surface area contributed by atoms with Crippen molar-refractivity contribution >= 4 is 41.3 Å². The number of aliphatic hydroxyl groups excluding tert-OH is 1. The summed E-state index contributed by atoms with van der Waals surface area (Å²) in [5.74, 6) is 0.569. The second-order valence-electron chi connectivity index (χ2n) is 8.86. The Morgan fingerprint density at radius 1 is 1.34 bits per heavy atom. The minimum absolute atomic E-state index is 0.0994. The molecular formula is C25H36N4O4S2. The van der Waals surface area contributed by atoms with Crippen LogP contribution in [-0.4, -0.2) is 69.0 Å². The Labute approximate surface area is 215 Å². The van der Waals surface area contributed by atoms with E-state index >= 15 is 0 Å². The van der Waals surface area contributed by atoms with Crippen molar-refractivity contribution in [2.45, 2.75) is 64.5 Å². The van der Waals surface area contributed by atoms with Crippen molar-refractivity contribution < 1.29 is 19.5 Å². The number of likely N-dealkylation sites (tertiary alicyclic amines) is 1. The third kappa shape index (κ3) is 8.63. The van der Waals surface area contributed by atoms with Crippen molar-refractivity contribution in [2.24, 2.45) is 0 Å². The quantitative estimate of drug-likeness (QED) is 0.439. The topological polar surface area (TPSA) is 112 Å². The van der Waals surface area contributed by atoms with Crippen molar-refractivity contribution in [1.82, 2.24) is 20.5 Å². The van der Waals surface area contributed by atoms with Gasteiger partial charge in [0.15, 0.2) is 0 Å². The maximum atomic E-state index is 12.5. The minimum atomic E-state index is -0.555. The molecule has 1 fully saturated rings. The van der Waals surface area contributed by atoms with Crippen molar-refractivity contribution in [1.29, 1.82) is 0 Å². The molecule has 1 aromatic carbocycles. The summed E-state index contributed by atoms with van der Waals surface area (Å²) in [6.07, 6.45) is 0.880. The number of amides is 3. The van der Waals surface area contributed by atoms with Gasteiger partial charge in [-0.25, -0.2) is 4.98 Å². The number of hydrogen-bond acceptors (Lipinski definition) is 7. The van der Waals surface area contributed by atoms with Gasteiger partial charge in [0, 0.05) is 31.3 Å². The lowest BCUT2D eigenvalue weighted by Gasteiger charge is -2.35. The molecule has 2 heterocycles. The fourth-order valence-corrected chi connectivity index (χ4v) is 5.71. The Morgan fingerprint density at radius 2 is 2.03 bits per heavy atom. The lowest BCUT2D eigenvalue weighted by Crippen LogP contribution is -2.56. The first-order chi connectivity index (χ1) is 16.6. The first-order valence-corrected chi connectivity index (χ1v) is 13.5. The molecule has 3 N–H and O–H groups in total. The summed E-state index contributed by atoms with van der Waals surface area (Å²) >= 11 is 3.29. The van der Waals surface area contributed by atoms with Crippen LogP contribution >= 0.6 is 23.1 Å². The van der Waals surface area contributed by atoms with E-state index in [4.69, 9.17) is 0 Å². The Balaban J connectivity index is 0.000000250. The Morgan fingerprint density at radius 3 is 2.51 bits per heavy atom. The number of aryl methyl sites for hydroxylation is 1. The van der Waals surface area contributed by atoms with Crippen LogP contribution in [0.15, 0.2) is 29.8 Å². The van der Waals surface area contributed by atoms with Gasteiger partial charge in [-0.05, 0) is 44.1 Å². The van der Waals surface area contributed by atoms with Gasteiger partial charge in [-0.2, -0.15) is 11.8 Å². The molecule has 0 radical (unpaired) electrons. The summed E-state index contributed by atoms with van der Waals surface area (Å²) in [5.41, 5.74) is 5.18. The monoisotopic (exact) mass is 520 g/mol. The molecule has 1 saturated heterocycles. The summed E-state index contributed by atoms with van der Waals surface area (Å²) in [4.78, 5) is 41.1. The molecule has 2 aromatic rings. The van der Waals surface area contributed by atoms with Crippen molar-refractivity contribution in [3.63, 3.8) is 0 Å². The number of carbonyl (C=O) groups is 3. The zero-order valence-electron chi connectivity index (χ0n) is 21.0. The second kappa shape index (κ2) is 13.6. The van der Waals surface area contributed by atoms with Crippen LogP contribution in [0.5, 0.6) is 0 Å². The van der Waals surface area contributed by atoms with Gasteiger partial charge < -0.3 is 20.6 Å². The molecule has 0 bridgehead atoms. The smallest absolute Gasteiger partial charge is 0.246 e. The number of nitrogens with zero attached hydrogens (tertiary/aromatic N) is 2. The molecular weight excluding hydrogens is 484 g/mol. The lowest BCUT2D eigenvalue weighted by molar-refractivity contribution is -0.136. The van der Waals surface area contributed by atoms with Crippen LogP contribution in [0.25, 0.3) is 10.4 Å². The molecule has 0 saturated carbocycles. The number of hydrogen-bond donors (Lipinski definition) is 3. The first-order valence-electron chi connectivity index (χ1n) is 11.6. The van der Waals surface area contributed by atoms with Crippen LogP contribution in [0.1, 0.15) is 45.4 Å². The fourth-order valence-electron chi connectivity index (χ4n) is 3.83. The predicted octanol–water partition coefficient (Wildman–Crippen LogP) is 2.98. The third-order valence-corrected chi connectivity index (χ3v) is 7.88. The van der Waals surface area contributed by atoms with Gasteiger partial charge in [0.2, 0.25) is 18.2 Å². The van der Waals surface area contributed by atoms with E-state index in [2.05, 4.69) is 27.8 Å². The van der Waals surface area contributed by atoms with E-state index in [1.165, 1.54) is 17.4 Å². The van der Waals surface area contributed by atoms with Gasteiger partial charge in [-0.3, -0.25) is 14.4 Å². The molecule has 8 nitrogen and oxygen atoms in total. The lowest BCUT2D eigenvalue weighted by atomic mass is 10.0. The molecule has 2 unspecified atom stereocenters. The SMILES string of the molecule is CCSC(C)(C)C(NC(C)=O)C(=O)N1CCC(O)C1.Cc1ncsc1-c1ccc(CNC=O)cc1. The van der Waals surface area contributed by atoms with E-state index < -0.39 is 12.1 Å². The number of aliphatic hydroxyl groups is 1. The molecule has 10 heteroatoms. The first kappa shape index (κ1) is 28.8. The third-order valence-electron chi connectivity index (χ3n) is 5.63. The Bertz CT molecular complexity index is 978. The number of β-amino-alcohol motifs (C(OH)–C–C–N with tert-alkyl or cyclic N) is 1. The van der Waals surface area contributed by atoms with E-state index in [9.17, 15) is 19.5 Å². The zero-order chi connectivity index (χ0) is 26.0. The van der Waals surface area contributed by atoms with Crippen LogP contribution in [-0.2, 0) is 20.9 Å². The molecule has 1 aliphatic rings. The average molecular weight is 521 g/mol. The summed E-state index contributed by atoms with van der Waals surface area (Å²) in [5, 5.41) is 14.9. The summed E-state index contributed by atoms with van der Waals surface area (Å²) in [6.45, 7) is 10.9. The second-order valence-corrected chi connectivity index (χ2v) is 11.6. The molecule has 3 amide bonds. The maximum Gasteiger partial charge on any atom is 0.246 e. The van der Waals surface area contributed by atoms with Crippen molar-refractivity contribution in [2.75, 3.05) is 18.8 Å². The largest absolute Gasteiger partial charge is 0.391 e. The highest BCUT2D eigenvalue weighted by Gasteiger charge is 2.40. The number of benzene rings is 1. The van der Waals surface area contributed by atoms with E-state index in [0.29, 0.717) is 32.5 Å². The number of thioether (sulfide) groups is 1. The van der Waals surface area contributed by atoms with Gasteiger partial charge in [0.1, 0.15) is 6.04 Å². The standard InChI is InChI=1S/C13H24N2O3S.C12H12N2OS/c1-5-19-13(3,4)11(14-9(2)16)12(18)15-7-6-10(17)8-15;1-9-12(16-8-14-9)11-4-2-10(3-5-11)6-13-7-15/h10-11,17H,5-8H2,1-4H3,(H,14,16);2-5,7-8H,6H2,1H3,(H,13,15). The molecule has 1 aromatic heterocycles. The van der Waals surface area contributed by atoms with Gasteiger partial charge in [-0.15, -0.1) is 11.3 Å². The number of rotatable bonds is 9. The van der Waals surface area contributed by atoms with Gasteiger partial charge in [0.05, 0.1) is 22.2 Å². The van der Waals surface area contributed by atoms with Crippen LogP contribution in [0.3, 0.4) is 0 Å². The summed E-state index contributed by atoms with van der Waals surface area (Å²) in [6, 6.07) is 7.60. The van der Waals surface area contributed by atoms with E-state index in [1.807, 2.05) is 45.3 Å². The Hall–Kier alpha value is -2.43. The molecule has 35 heavy (non-hydrogen) atoms. The van der Waals surface area contributed by atoms with E-state index in [1.54, 1.807) is 28.0 Å². The van der Waals surface area contributed by atoms with Crippen LogP contribution in [0, 0.1) is 6.92 Å². The van der Waals surface area contributed by atoms with Crippen LogP contribution in [0.4, 0.5) is 0 Å². The van der Waals surface area contributed by atoms with Gasteiger partial charge in [-0.1, -0.05) is 31.2 Å². The van der Waals surface area contributed by atoms with E-state index in [-0.39, 0.29) is 16.6 Å². The van der Waals surface area contributed by atoms with Gasteiger partial charge >= 0.3 is 0 Å². The van der Waals surface area contributed by atoms with E-state index in [0.717, 1.165) is 17.0 Å². The normalized spacial score (nSPS) is 16.2. The zero-order valence-corrected chi connectivity index (χ0v) is 22.7. The average Bonchev–Trinajstić information content (AvgIpc) is 3.44. The van der Waals surface area contributed by atoms with Gasteiger partial charge in [0.25, 0.3) is 0 Å². The molecule has 2 atom stereocenters. The maximum absolute atomic E-state index is 12.5. The fraction of sp³-hybridized carbons (Fsp3) is 0.520. The predicted molar refractivity (Wildman–Crippen MR) is 142 cm³/mol. The molecule has 0 spiro atoms. The van der Waals surface area contributed by atoms with Crippen LogP contribution < -0.4 is 10.6 Å². The minimum Gasteiger partial charge on any atom is -0.391 e. The Kier molecular flexibility index (Phi) is 11.2. The van der Waals surface area contributed by atoms with Crippen molar-refractivity contribution in [3.05, 3.63) is 41.0 Å². The summed E-state index contributed by atoms with van der Waals surface area (Å²) in [7, 11) is 0. The number of aromatic nitrogens is 1. The molecule has 3 rings (SSSR count). The molecule has 1 aliphatic heterocycles. The number of nitrogens with one attached hydrogen (secondary N) is 2. The summed E-state index contributed by atoms with van der Waals surface area (Å²) < 4.78 is -0.370. The number of carbonyl (C=O) groups excluding carboxylic acids is 3. The number of thiazole rings is 1. The highest BCUT2D eigenvalue weighted by Crippen LogP contribution is 2.30. The molecule has 192 valence electrons. The van der Waals surface area contributed by atoms with Crippen molar-refractivity contribution in [3.8, 4) is 10.4 Å². The van der Waals surface area contributed by atoms with Crippen LogP contribution in [0.2, 0.25) is 0 Å².